The summed E-state index contributed by atoms with van der Waals surface area (Å²) in [6.45, 7) is 3.13. The number of morpholine rings is 1. The molecule has 9 heteroatoms. The molecule has 1 saturated heterocycles. The summed E-state index contributed by atoms with van der Waals surface area (Å²) in [5, 5.41) is 3.10. The van der Waals surface area contributed by atoms with Gasteiger partial charge in [-0.2, -0.15) is 0 Å². The zero-order valence-corrected chi connectivity index (χ0v) is 19.3. The average molecular weight is 464 g/mol. The standard InChI is InChI=1S/C25H29N5O4/c1-32-23-4-2-3-20(29-23)25(31)28-17-5-7-19(8-6-17)34-22-16-18(30-11-13-33-14-12-30)15-21-24(22)27-10-9-26-21/h2-4,9-10,15-17,19H,5-8,11-14H2,1H3,(H,28,31). The number of rotatable bonds is 6. The van der Waals surface area contributed by atoms with Crippen LogP contribution in [0.25, 0.3) is 11.0 Å². The molecule has 2 fully saturated rings. The minimum atomic E-state index is -0.178. The predicted octanol–water partition coefficient (Wildman–Crippen LogP) is 2.99. The fraction of sp³-hybridized carbons (Fsp3) is 0.440. The number of fused-ring (bicyclic) bond motifs is 1. The van der Waals surface area contributed by atoms with E-state index in [0.29, 0.717) is 11.6 Å². The molecule has 2 aromatic heterocycles. The van der Waals surface area contributed by atoms with Crippen molar-refractivity contribution in [2.24, 2.45) is 0 Å². The molecule has 0 bridgehead atoms. The molecule has 1 aromatic carbocycles. The lowest BCUT2D eigenvalue weighted by molar-refractivity contribution is 0.0889. The number of benzene rings is 1. The molecule has 1 aliphatic carbocycles. The lowest BCUT2D eigenvalue weighted by Crippen LogP contribution is -2.40. The van der Waals surface area contributed by atoms with Crippen molar-refractivity contribution in [2.75, 3.05) is 38.3 Å². The maximum absolute atomic E-state index is 12.6. The van der Waals surface area contributed by atoms with E-state index in [0.717, 1.165) is 74.5 Å². The molecule has 1 aliphatic heterocycles. The van der Waals surface area contributed by atoms with Gasteiger partial charge in [0.05, 0.1) is 31.9 Å². The Morgan fingerprint density at radius 1 is 1.09 bits per heavy atom. The van der Waals surface area contributed by atoms with Crippen molar-refractivity contribution in [3.05, 3.63) is 48.4 Å². The molecule has 1 saturated carbocycles. The van der Waals surface area contributed by atoms with Crippen LogP contribution in [0.2, 0.25) is 0 Å². The number of nitrogens with zero attached hydrogens (tertiary/aromatic N) is 4. The normalized spacial score (nSPS) is 20.7. The van der Waals surface area contributed by atoms with Crippen molar-refractivity contribution in [3.63, 3.8) is 0 Å². The third kappa shape index (κ3) is 5.04. The summed E-state index contributed by atoms with van der Waals surface area (Å²) in [7, 11) is 1.54. The van der Waals surface area contributed by atoms with Gasteiger partial charge < -0.3 is 24.4 Å². The smallest absolute Gasteiger partial charge is 0.270 e. The van der Waals surface area contributed by atoms with E-state index in [4.69, 9.17) is 14.2 Å². The molecule has 5 rings (SSSR count). The minimum Gasteiger partial charge on any atom is -0.488 e. The van der Waals surface area contributed by atoms with Crippen LogP contribution in [-0.2, 0) is 4.74 Å². The highest BCUT2D eigenvalue weighted by Crippen LogP contribution is 2.33. The van der Waals surface area contributed by atoms with Crippen LogP contribution in [0, 0.1) is 0 Å². The van der Waals surface area contributed by atoms with Gasteiger partial charge in [-0.15, -0.1) is 0 Å². The molecule has 34 heavy (non-hydrogen) atoms. The molecule has 0 unspecified atom stereocenters. The van der Waals surface area contributed by atoms with E-state index in [1.165, 1.54) is 7.11 Å². The van der Waals surface area contributed by atoms with E-state index in [9.17, 15) is 4.79 Å². The molecule has 0 atom stereocenters. The number of hydrogen-bond donors (Lipinski definition) is 1. The number of carbonyl (C=O) groups excluding carboxylic acids is 1. The highest BCUT2D eigenvalue weighted by molar-refractivity contribution is 5.92. The van der Waals surface area contributed by atoms with Crippen molar-refractivity contribution in [2.45, 2.75) is 37.8 Å². The van der Waals surface area contributed by atoms with Crippen LogP contribution >= 0.6 is 0 Å². The van der Waals surface area contributed by atoms with Crippen LogP contribution in [0.5, 0.6) is 11.6 Å². The van der Waals surface area contributed by atoms with E-state index in [1.54, 1.807) is 30.6 Å². The number of hydrogen-bond acceptors (Lipinski definition) is 8. The molecule has 9 nitrogen and oxygen atoms in total. The van der Waals surface area contributed by atoms with Gasteiger partial charge in [0.15, 0.2) is 0 Å². The number of anilines is 1. The first-order chi connectivity index (χ1) is 16.7. The van der Waals surface area contributed by atoms with Gasteiger partial charge in [-0.05, 0) is 37.8 Å². The second kappa shape index (κ2) is 10.2. The molecular formula is C25H29N5O4. The summed E-state index contributed by atoms with van der Waals surface area (Å²) < 4.78 is 17.1. The number of ether oxygens (including phenoxy) is 3. The van der Waals surface area contributed by atoms with Crippen molar-refractivity contribution >= 4 is 22.6 Å². The summed E-state index contributed by atoms with van der Waals surface area (Å²) >= 11 is 0. The number of amides is 1. The number of carbonyl (C=O) groups is 1. The Hall–Kier alpha value is -3.46. The summed E-state index contributed by atoms with van der Waals surface area (Å²) in [5.74, 6) is 1.02. The Balaban J connectivity index is 1.23. The Kier molecular flexibility index (Phi) is 6.71. The SMILES string of the molecule is COc1cccc(C(=O)NC2CCC(Oc3cc(N4CCOCC4)cc4nccnc34)CC2)n1. The average Bonchev–Trinajstić information content (AvgIpc) is 2.90. The highest BCUT2D eigenvalue weighted by Gasteiger charge is 2.26. The fourth-order valence-electron chi connectivity index (χ4n) is 4.54. The van der Waals surface area contributed by atoms with Crippen LogP contribution in [0.4, 0.5) is 5.69 Å². The van der Waals surface area contributed by atoms with Crippen molar-refractivity contribution in [1.82, 2.24) is 20.3 Å². The Labute approximate surface area is 198 Å². The van der Waals surface area contributed by atoms with Gasteiger partial charge in [0.25, 0.3) is 5.91 Å². The predicted molar refractivity (Wildman–Crippen MR) is 127 cm³/mol. The number of methoxy groups -OCH3 is 1. The Morgan fingerprint density at radius 2 is 1.88 bits per heavy atom. The Morgan fingerprint density at radius 3 is 2.68 bits per heavy atom. The van der Waals surface area contributed by atoms with Gasteiger partial charge in [-0.3, -0.25) is 9.78 Å². The fourth-order valence-corrected chi connectivity index (χ4v) is 4.54. The first-order valence-electron chi connectivity index (χ1n) is 11.8. The zero-order valence-electron chi connectivity index (χ0n) is 19.3. The molecular weight excluding hydrogens is 434 g/mol. The Bertz CT molecular complexity index is 1140. The van der Waals surface area contributed by atoms with E-state index in [1.807, 2.05) is 0 Å². The quantitative estimate of drug-likeness (QED) is 0.596. The van der Waals surface area contributed by atoms with Crippen LogP contribution < -0.4 is 19.7 Å². The summed E-state index contributed by atoms with van der Waals surface area (Å²) in [6, 6.07) is 9.42. The molecule has 0 radical (unpaired) electrons. The van der Waals surface area contributed by atoms with E-state index < -0.39 is 0 Å². The summed E-state index contributed by atoms with van der Waals surface area (Å²) in [4.78, 5) is 28.2. The van der Waals surface area contributed by atoms with E-state index >= 15 is 0 Å². The molecule has 1 amide bonds. The van der Waals surface area contributed by atoms with Gasteiger partial charge in [-0.25, -0.2) is 9.97 Å². The molecule has 1 N–H and O–H groups in total. The maximum Gasteiger partial charge on any atom is 0.270 e. The van der Waals surface area contributed by atoms with Crippen LogP contribution in [-0.4, -0.2) is 66.4 Å². The maximum atomic E-state index is 12.6. The van der Waals surface area contributed by atoms with Gasteiger partial charge >= 0.3 is 0 Å². The minimum absolute atomic E-state index is 0.0632. The van der Waals surface area contributed by atoms with E-state index in [-0.39, 0.29) is 18.1 Å². The largest absolute Gasteiger partial charge is 0.488 e. The second-order valence-corrected chi connectivity index (χ2v) is 8.60. The van der Waals surface area contributed by atoms with E-state index in [2.05, 4.69) is 37.3 Å². The van der Waals surface area contributed by atoms with Crippen molar-refractivity contribution in [1.29, 1.82) is 0 Å². The highest BCUT2D eigenvalue weighted by atomic mass is 16.5. The van der Waals surface area contributed by atoms with Crippen molar-refractivity contribution in [3.8, 4) is 11.6 Å². The third-order valence-electron chi connectivity index (χ3n) is 6.37. The number of nitrogens with one attached hydrogen (secondary N) is 1. The summed E-state index contributed by atoms with van der Waals surface area (Å²) in [6.07, 6.45) is 6.84. The molecule has 178 valence electrons. The number of pyridine rings is 1. The third-order valence-corrected chi connectivity index (χ3v) is 6.37. The first-order valence-corrected chi connectivity index (χ1v) is 11.8. The zero-order chi connectivity index (χ0) is 23.3. The van der Waals surface area contributed by atoms with Gasteiger partial charge in [0.1, 0.15) is 17.0 Å². The second-order valence-electron chi connectivity index (χ2n) is 8.60. The van der Waals surface area contributed by atoms with Gasteiger partial charge in [0.2, 0.25) is 5.88 Å². The van der Waals surface area contributed by atoms with Crippen molar-refractivity contribution < 1.29 is 19.0 Å². The first kappa shape index (κ1) is 22.3. The van der Waals surface area contributed by atoms with Gasteiger partial charge in [-0.1, -0.05) is 6.07 Å². The molecule has 3 heterocycles. The lowest BCUT2D eigenvalue weighted by Gasteiger charge is -2.31. The van der Waals surface area contributed by atoms with Crippen LogP contribution in [0.15, 0.2) is 42.7 Å². The molecule has 3 aromatic rings. The summed E-state index contributed by atoms with van der Waals surface area (Å²) in [5.41, 5.74) is 3.05. The number of aromatic nitrogens is 3. The van der Waals surface area contributed by atoms with Crippen LogP contribution in [0.3, 0.4) is 0 Å². The van der Waals surface area contributed by atoms with Crippen LogP contribution in [0.1, 0.15) is 36.2 Å². The molecule has 2 aliphatic rings. The lowest BCUT2D eigenvalue weighted by atomic mass is 9.92. The topological polar surface area (TPSA) is 98.7 Å². The molecule has 0 spiro atoms. The monoisotopic (exact) mass is 463 g/mol. The van der Waals surface area contributed by atoms with Gasteiger partial charge in [0, 0.05) is 49.3 Å².